The molecule has 0 aliphatic heterocycles. The molecule has 0 spiro atoms. The number of nitrogens with one attached hydrogen (secondary N) is 1. The van der Waals surface area contributed by atoms with Crippen molar-refractivity contribution >= 4 is 27.6 Å². The maximum Gasteiger partial charge on any atom is 0.339 e. The molecule has 0 aliphatic rings. The Morgan fingerprint density at radius 1 is 1.22 bits per heavy atom. The summed E-state index contributed by atoms with van der Waals surface area (Å²) in [4.78, 5) is 11.6. The number of esters is 1. The summed E-state index contributed by atoms with van der Waals surface area (Å²) in [6, 6.07) is 11.4. The van der Waals surface area contributed by atoms with Gasteiger partial charge in [-0.15, -0.1) is 0 Å². The number of halogens is 1. The predicted molar refractivity (Wildman–Crippen MR) is 88.0 cm³/mol. The smallest absolute Gasteiger partial charge is 0.339 e. The van der Waals surface area contributed by atoms with Crippen LogP contribution in [0.25, 0.3) is 0 Å². The SMILES string of the molecule is COC(=O)c1cc(S(=O)(=O)NCc2ccccc2C)ccc1Cl. The molecule has 0 amide bonds. The monoisotopic (exact) mass is 353 g/mol. The zero-order chi connectivity index (χ0) is 17.0. The van der Waals surface area contributed by atoms with Crippen LogP contribution < -0.4 is 4.72 Å². The van der Waals surface area contributed by atoms with E-state index >= 15 is 0 Å². The van der Waals surface area contributed by atoms with E-state index in [1.54, 1.807) is 0 Å². The molecule has 2 aromatic carbocycles. The Morgan fingerprint density at radius 2 is 1.91 bits per heavy atom. The van der Waals surface area contributed by atoms with Gasteiger partial charge in [0.15, 0.2) is 0 Å². The third kappa shape index (κ3) is 4.10. The Bertz CT molecular complexity index is 834. The number of hydrogen-bond donors (Lipinski definition) is 1. The standard InChI is InChI=1S/C16H16ClNO4S/c1-11-5-3-4-6-12(11)10-18-23(20,21)13-7-8-15(17)14(9-13)16(19)22-2/h3-9,18H,10H2,1-2H3. The Labute approximate surface area is 140 Å². The van der Waals surface area contributed by atoms with Gasteiger partial charge in [0.25, 0.3) is 0 Å². The Kier molecular flexibility index (Phi) is 5.41. The summed E-state index contributed by atoms with van der Waals surface area (Å²) in [7, 11) is -2.57. The van der Waals surface area contributed by atoms with Crippen molar-refractivity contribution in [3.05, 3.63) is 64.2 Å². The average molecular weight is 354 g/mol. The first kappa shape index (κ1) is 17.5. The van der Waals surface area contributed by atoms with E-state index in [0.29, 0.717) is 0 Å². The van der Waals surface area contributed by atoms with Crippen LogP contribution in [0.4, 0.5) is 0 Å². The van der Waals surface area contributed by atoms with E-state index in [4.69, 9.17) is 11.6 Å². The first-order valence-corrected chi connectivity index (χ1v) is 8.63. The second kappa shape index (κ2) is 7.12. The van der Waals surface area contributed by atoms with Gasteiger partial charge >= 0.3 is 5.97 Å². The minimum Gasteiger partial charge on any atom is -0.465 e. The quantitative estimate of drug-likeness (QED) is 0.839. The molecule has 2 rings (SSSR count). The van der Waals surface area contributed by atoms with Gasteiger partial charge in [-0.2, -0.15) is 0 Å². The molecule has 122 valence electrons. The van der Waals surface area contributed by atoms with E-state index < -0.39 is 16.0 Å². The number of ether oxygens (including phenoxy) is 1. The van der Waals surface area contributed by atoms with Crippen LogP contribution in [0.15, 0.2) is 47.4 Å². The fourth-order valence-electron chi connectivity index (χ4n) is 2.00. The summed E-state index contributed by atoms with van der Waals surface area (Å²) in [6.45, 7) is 2.06. The lowest BCUT2D eigenvalue weighted by atomic mass is 10.1. The van der Waals surface area contributed by atoms with Crippen molar-refractivity contribution in [1.29, 1.82) is 0 Å². The van der Waals surface area contributed by atoms with Crippen LogP contribution in [-0.2, 0) is 21.3 Å². The van der Waals surface area contributed by atoms with Crippen LogP contribution >= 0.6 is 11.6 Å². The lowest BCUT2D eigenvalue weighted by Crippen LogP contribution is -2.24. The molecule has 0 atom stereocenters. The Hall–Kier alpha value is -1.89. The number of carbonyl (C=O) groups is 1. The number of methoxy groups -OCH3 is 1. The zero-order valence-corrected chi connectivity index (χ0v) is 14.2. The molecule has 0 saturated heterocycles. The summed E-state index contributed by atoms with van der Waals surface area (Å²) >= 11 is 5.90. The van der Waals surface area contributed by atoms with Crippen molar-refractivity contribution in [3.8, 4) is 0 Å². The van der Waals surface area contributed by atoms with Gasteiger partial charge in [0, 0.05) is 6.54 Å². The van der Waals surface area contributed by atoms with Crippen LogP contribution in [0.3, 0.4) is 0 Å². The molecule has 0 aliphatic carbocycles. The Morgan fingerprint density at radius 3 is 2.57 bits per heavy atom. The van der Waals surface area contributed by atoms with Crippen molar-refractivity contribution in [2.45, 2.75) is 18.4 Å². The Balaban J connectivity index is 2.26. The topological polar surface area (TPSA) is 72.5 Å². The molecule has 5 nitrogen and oxygen atoms in total. The molecule has 23 heavy (non-hydrogen) atoms. The van der Waals surface area contributed by atoms with Gasteiger partial charge in [0.05, 0.1) is 22.6 Å². The van der Waals surface area contributed by atoms with Gasteiger partial charge in [-0.05, 0) is 36.2 Å². The number of rotatable bonds is 5. The summed E-state index contributed by atoms with van der Waals surface area (Å²) in [5.41, 5.74) is 1.87. The largest absolute Gasteiger partial charge is 0.465 e. The first-order chi connectivity index (χ1) is 10.8. The van der Waals surface area contributed by atoms with Gasteiger partial charge in [0.1, 0.15) is 0 Å². The van der Waals surface area contributed by atoms with Gasteiger partial charge in [0.2, 0.25) is 10.0 Å². The molecule has 1 N–H and O–H groups in total. The average Bonchev–Trinajstić information content (AvgIpc) is 2.53. The molecule has 0 aromatic heterocycles. The number of sulfonamides is 1. The van der Waals surface area contributed by atoms with Crippen LogP contribution in [0.2, 0.25) is 5.02 Å². The van der Waals surface area contributed by atoms with Gasteiger partial charge in [-0.25, -0.2) is 17.9 Å². The van der Waals surface area contributed by atoms with E-state index in [2.05, 4.69) is 9.46 Å². The van der Waals surface area contributed by atoms with Crippen LogP contribution in [0.1, 0.15) is 21.5 Å². The predicted octanol–water partition coefficient (Wildman–Crippen LogP) is 2.91. The number of hydrogen-bond acceptors (Lipinski definition) is 4. The molecular formula is C16H16ClNO4S. The molecule has 7 heteroatoms. The van der Waals surface area contributed by atoms with E-state index in [1.165, 1.54) is 25.3 Å². The zero-order valence-electron chi connectivity index (χ0n) is 12.7. The van der Waals surface area contributed by atoms with Crippen molar-refractivity contribution in [3.63, 3.8) is 0 Å². The number of carbonyl (C=O) groups excluding carboxylic acids is 1. The lowest BCUT2D eigenvalue weighted by molar-refractivity contribution is 0.0600. The van der Waals surface area contributed by atoms with Crippen LogP contribution in [-0.4, -0.2) is 21.5 Å². The van der Waals surface area contributed by atoms with E-state index in [0.717, 1.165) is 11.1 Å². The van der Waals surface area contributed by atoms with E-state index in [1.807, 2.05) is 31.2 Å². The van der Waals surface area contributed by atoms with Gasteiger partial charge < -0.3 is 4.74 Å². The maximum atomic E-state index is 12.4. The highest BCUT2D eigenvalue weighted by molar-refractivity contribution is 7.89. The highest BCUT2D eigenvalue weighted by Crippen LogP contribution is 2.21. The van der Waals surface area contributed by atoms with Crippen LogP contribution in [0.5, 0.6) is 0 Å². The van der Waals surface area contributed by atoms with E-state index in [9.17, 15) is 13.2 Å². The molecule has 0 bridgehead atoms. The summed E-state index contributed by atoms with van der Waals surface area (Å²) in [6.07, 6.45) is 0. The summed E-state index contributed by atoms with van der Waals surface area (Å²) in [5, 5.41) is 0.134. The van der Waals surface area contributed by atoms with Gasteiger partial charge in [-0.1, -0.05) is 35.9 Å². The minimum absolute atomic E-state index is 0.00735. The summed E-state index contributed by atoms with van der Waals surface area (Å²) < 4.78 is 31.9. The molecule has 0 heterocycles. The van der Waals surface area contributed by atoms with Gasteiger partial charge in [-0.3, -0.25) is 0 Å². The first-order valence-electron chi connectivity index (χ1n) is 6.77. The number of benzene rings is 2. The third-order valence-corrected chi connectivity index (χ3v) is 5.10. The maximum absolute atomic E-state index is 12.4. The van der Waals surface area contributed by atoms with Crippen molar-refractivity contribution in [2.24, 2.45) is 0 Å². The highest BCUT2D eigenvalue weighted by atomic mass is 35.5. The second-order valence-electron chi connectivity index (χ2n) is 4.88. The second-order valence-corrected chi connectivity index (χ2v) is 7.06. The highest BCUT2D eigenvalue weighted by Gasteiger charge is 2.19. The molecular weight excluding hydrogens is 338 g/mol. The lowest BCUT2D eigenvalue weighted by Gasteiger charge is -2.10. The van der Waals surface area contributed by atoms with Crippen molar-refractivity contribution in [1.82, 2.24) is 4.72 Å². The third-order valence-electron chi connectivity index (χ3n) is 3.37. The molecule has 0 unspecified atom stereocenters. The summed E-state index contributed by atoms with van der Waals surface area (Å²) in [5.74, 6) is -0.689. The molecule has 2 aromatic rings. The molecule has 0 fully saturated rings. The number of aryl methyl sites for hydroxylation is 1. The molecule has 0 radical (unpaired) electrons. The van der Waals surface area contributed by atoms with Crippen molar-refractivity contribution in [2.75, 3.05) is 7.11 Å². The fourth-order valence-corrected chi connectivity index (χ4v) is 3.23. The molecule has 0 saturated carbocycles. The minimum atomic E-state index is -3.77. The van der Waals surface area contributed by atoms with Crippen molar-refractivity contribution < 1.29 is 17.9 Å². The fraction of sp³-hybridized carbons (Fsp3) is 0.188. The normalized spacial score (nSPS) is 11.3. The van der Waals surface area contributed by atoms with Crippen LogP contribution in [0, 0.1) is 6.92 Å². The van der Waals surface area contributed by atoms with E-state index in [-0.39, 0.29) is 22.0 Å².